The Morgan fingerprint density at radius 3 is 2.35 bits per heavy atom. The quantitative estimate of drug-likeness (QED) is 0.879. The first-order chi connectivity index (χ1) is 7.81. The number of aliphatic carboxylic acids is 1. The second kappa shape index (κ2) is 5.52. The Labute approximate surface area is 107 Å². The van der Waals surface area contributed by atoms with Crippen molar-refractivity contribution in [1.82, 2.24) is 4.90 Å². The van der Waals surface area contributed by atoms with E-state index in [1.807, 2.05) is 50.1 Å². The number of rotatable bonds is 5. The number of benzene rings is 1. The number of carboxylic acids is 1. The summed E-state index contributed by atoms with van der Waals surface area (Å²) in [5, 5.41) is 9.57. The van der Waals surface area contributed by atoms with Crippen LogP contribution in [0.3, 0.4) is 0 Å². The van der Waals surface area contributed by atoms with Crippen molar-refractivity contribution < 1.29 is 9.90 Å². The Morgan fingerprint density at radius 1 is 1.35 bits per heavy atom. The summed E-state index contributed by atoms with van der Waals surface area (Å²) in [6.45, 7) is 4.56. The fraction of sp³-hybridized carbons (Fsp3) is 0.462. The van der Waals surface area contributed by atoms with Crippen molar-refractivity contribution in [3.63, 3.8) is 0 Å². The van der Waals surface area contributed by atoms with Crippen molar-refractivity contribution in [3.05, 3.63) is 34.9 Å². The minimum absolute atomic E-state index is 0.122. The second-order valence-corrected chi connectivity index (χ2v) is 5.30. The van der Waals surface area contributed by atoms with Gasteiger partial charge in [0.25, 0.3) is 0 Å². The van der Waals surface area contributed by atoms with Crippen LogP contribution in [0.4, 0.5) is 0 Å². The molecule has 0 saturated carbocycles. The molecule has 1 N–H and O–H groups in total. The molecule has 0 amide bonds. The number of nitrogens with zero attached hydrogens (tertiary/aromatic N) is 1. The van der Waals surface area contributed by atoms with Crippen LogP contribution in [-0.2, 0) is 11.3 Å². The summed E-state index contributed by atoms with van der Waals surface area (Å²) < 4.78 is 0. The molecule has 0 aliphatic carbocycles. The standard InChI is InChI=1S/C13H18ClNO2/c1-13(2,8-12(16)17)15(3)9-10-4-6-11(14)7-5-10/h4-7H,8-9H2,1-3H3,(H,16,17). The number of hydrogen-bond acceptors (Lipinski definition) is 2. The van der Waals surface area contributed by atoms with Crippen LogP contribution in [0.2, 0.25) is 5.02 Å². The highest BCUT2D eigenvalue weighted by molar-refractivity contribution is 6.30. The number of halogens is 1. The second-order valence-electron chi connectivity index (χ2n) is 4.87. The van der Waals surface area contributed by atoms with Crippen molar-refractivity contribution in [1.29, 1.82) is 0 Å². The average molecular weight is 256 g/mol. The molecule has 1 aromatic carbocycles. The van der Waals surface area contributed by atoms with E-state index >= 15 is 0 Å². The molecule has 0 radical (unpaired) electrons. The first kappa shape index (κ1) is 14.0. The molecule has 0 fully saturated rings. The normalized spacial score (nSPS) is 11.8. The summed E-state index contributed by atoms with van der Waals surface area (Å²) in [5.41, 5.74) is 0.751. The molecule has 0 heterocycles. The van der Waals surface area contributed by atoms with E-state index in [4.69, 9.17) is 16.7 Å². The Hall–Kier alpha value is -1.06. The summed E-state index contributed by atoms with van der Waals surface area (Å²) in [6.07, 6.45) is 0.122. The molecule has 0 aliphatic rings. The van der Waals surface area contributed by atoms with Crippen molar-refractivity contribution in [2.24, 2.45) is 0 Å². The molecule has 17 heavy (non-hydrogen) atoms. The molecule has 94 valence electrons. The topological polar surface area (TPSA) is 40.5 Å². The highest BCUT2D eigenvalue weighted by Crippen LogP contribution is 2.20. The molecule has 1 rings (SSSR count). The lowest BCUT2D eigenvalue weighted by atomic mass is 9.98. The van der Waals surface area contributed by atoms with Crippen molar-refractivity contribution in [2.75, 3.05) is 7.05 Å². The fourth-order valence-electron chi connectivity index (χ4n) is 1.58. The Balaban J connectivity index is 2.68. The molecule has 0 spiro atoms. The zero-order chi connectivity index (χ0) is 13.1. The molecule has 0 atom stereocenters. The molecule has 0 saturated heterocycles. The molecule has 1 aromatic rings. The van der Waals surface area contributed by atoms with Crippen LogP contribution in [0.5, 0.6) is 0 Å². The Morgan fingerprint density at radius 2 is 1.88 bits per heavy atom. The monoisotopic (exact) mass is 255 g/mol. The van der Waals surface area contributed by atoms with Gasteiger partial charge in [-0.25, -0.2) is 0 Å². The van der Waals surface area contributed by atoms with Gasteiger partial charge >= 0.3 is 5.97 Å². The van der Waals surface area contributed by atoms with Crippen molar-refractivity contribution in [2.45, 2.75) is 32.4 Å². The summed E-state index contributed by atoms with van der Waals surface area (Å²) >= 11 is 5.82. The zero-order valence-electron chi connectivity index (χ0n) is 10.4. The zero-order valence-corrected chi connectivity index (χ0v) is 11.2. The Kier molecular flexibility index (Phi) is 4.54. The van der Waals surface area contributed by atoms with E-state index in [0.29, 0.717) is 11.6 Å². The molecule has 4 heteroatoms. The number of hydrogen-bond donors (Lipinski definition) is 1. The minimum atomic E-state index is -0.780. The van der Waals surface area contributed by atoms with Gasteiger partial charge in [-0.1, -0.05) is 23.7 Å². The van der Waals surface area contributed by atoms with Crippen molar-refractivity contribution in [3.8, 4) is 0 Å². The van der Waals surface area contributed by atoms with Crippen LogP contribution in [0.1, 0.15) is 25.8 Å². The van der Waals surface area contributed by atoms with E-state index in [-0.39, 0.29) is 12.0 Å². The maximum Gasteiger partial charge on any atom is 0.305 e. The van der Waals surface area contributed by atoms with Gasteiger partial charge in [0.2, 0.25) is 0 Å². The van der Waals surface area contributed by atoms with Crippen LogP contribution in [0, 0.1) is 0 Å². The van der Waals surface area contributed by atoms with E-state index in [1.54, 1.807) is 0 Å². The first-order valence-electron chi connectivity index (χ1n) is 5.49. The predicted octanol–water partition coefficient (Wildman–Crippen LogP) is 3.03. The van der Waals surface area contributed by atoms with Crippen LogP contribution in [-0.4, -0.2) is 28.6 Å². The Bertz CT molecular complexity index is 387. The molecular weight excluding hydrogens is 238 g/mol. The van der Waals surface area contributed by atoms with Crippen LogP contribution < -0.4 is 0 Å². The third kappa shape index (κ3) is 4.36. The lowest BCUT2D eigenvalue weighted by Crippen LogP contribution is -2.42. The largest absolute Gasteiger partial charge is 0.481 e. The van der Waals surface area contributed by atoms with E-state index in [1.165, 1.54) is 0 Å². The van der Waals surface area contributed by atoms with Crippen LogP contribution in [0.25, 0.3) is 0 Å². The molecule has 0 bridgehead atoms. The van der Waals surface area contributed by atoms with E-state index in [0.717, 1.165) is 5.56 Å². The van der Waals surface area contributed by atoms with Gasteiger partial charge in [-0.3, -0.25) is 9.69 Å². The van der Waals surface area contributed by atoms with E-state index in [2.05, 4.69) is 0 Å². The lowest BCUT2D eigenvalue weighted by Gasteiger charge is -2.34. The highest BCUT2D eigenvalue weighted by Gasteiger charge is 2.26. The molecule has 0 aromatic heterocycles. The lowest BCUT2D eigenvalue weighted by molar-refractivity contribution is -0.139. The molecule has 0 unspecified atom stereocenters. The van der Waals surface area contributed by atoms with Crippen molar-refractivity contribution >= 4 is 17.6 Å². The van der Waals surface area contributed by atoms with Crippen LogP contribution in [0.15, 0.2) is 24.3 Å². The molecule has 0 aliphatic heterocycles. The third-order valence-electron chi connectivity index (χ3n) is 2.95. The summed E-state index contributed by atoms with van der Waals surface area (Å²) in [4.78, 5) is 12.8. The van der Waals surface area contributed by atoms with Gasteiger partial charge in [0, 0.05) is 17.1 Å². The van der Waals surface area contributed by atoms with Gasteiger partial charge in [-0.05, 0) is 38.6 Å². The third-order valence-corrected chi connectivity index (χ3v) is 3.20. The summed E-state index contributed by atoms with van der Waals surface area (Å²) in [7, 11) is 1.93. The van der Waals surface area contributed by atoms with Gasteiger partial charge in [0.1, 0.15) is 0 Å². The molecule has 3 nitrogen and oxygen atoms in total. The van der Waals surface area contributed by atoms with Gasteiger partial charge in [-0.15, -0.1) is 0 Å². The highest BCUT2D eigenvalue weighted by atomic mass is 35.5. The smallest absolute Gasteiger partial charge is 0.305 e. The van der Waals surface area contributed by atoms with Gasteiger partial charge in [0.15, 0.2) is 0 Å². The van der Waals surface area contributed by atoms with Gasteiger partial charge in [-0.2, -0.15) is 0 Å². The van der Waals surface area contributed by atoms with Crippen LogP contribution >= 0.6 is 11.6 Å². The van der Waals surface area contributed by atoms with Gasteiger partial charge < -0.3 is 5.11 Å². The SMILES string of the molecule is CN(Cc1ccc(Cl)cc1)C(C)(C)CC(=O)O. The average Bonchev–Trinajstić information content (AvgIpc) is 2.19. The molecular formula is C13H18ClNO2. The van der Waals surface area contributed by atoms with E-state index < -0.39 is 5.97 Å². The first-order valence-corrected chi connectivity index (χ1v) is 5.86. The number of carbonyl (C=O) groups is 1. The summed E-state index contributed by atoms with van der Waals surface area (Å²) in [5.74, 6) is -0.780. The minimum Gasteiger partial charge on any atom is -0.481 e. The maximum atomic E-state index is 10.8. The fourth-order valence-corrected chi connectivity index (χ4v) is 1.71. The predicted molar refractivity (Wildman–Crippen MR) is 69.3 cm³/mol. The number of carboxylic acid groups (broad SMARTS) is 1. The summed E-state index contributed by atoms with van der Waals surface area (Å²) in [6, 6.07) is 7.59. The van der Waals surface area contributed by atoms with Gasteiger partial charge in [0.05, 0.1) is 6.42 Å². The van der Waals surface area contributed by atoms with E-state index in [9.17, 15) is 4.79 Å². The maximum absolute atomic E-state index is 10.8.